The van der Waals surface area contributed by atoms with Gasteiger partial charge in [0.25, 0.3) is 0 Å². The summed E-state index contributed by atoms with van der Waals surface area (Å²) in [6.45, 7) is 3.43. The molecule has 0 aliphatic rings. The summed E-state index contributed by atoms with van der Waals surface area (Å²) in [7, 11) is -4.41. The number of rotatable bonds is 53. The Morgan fingerprint density at radius 1 is 0.411 bits per heavy atom. The van der Waals surface area contributed by atoms with Gasteiger partial charge in [-0.25, -0.2) is 4.57 Å². The van der Waals surface area contributed by atoms with E-state index in [0.717, 1.165) is 83.5 Å². The van der Waals surface area contributed by atoms with Crippen LogP contribution in [0.25, 0.3) is 0 Å². The highest BCUT2D eigenvalue weighted by Crippen LogP contribution is 2.43. The second-order valence-electron chi connectivity index (χ2n) is 18.7. The van der Waals surface area contributed by atoms with Crippen molar-refractivity contribution in [2.75, 3.05) is 26.4 Å². The molecule has 0 bridgehead atoms. The zero-order valence-electron chi connectivity index (χ0n) is 46.3. The van der Waals surface area contributed by atoms with Crippen LogP contribution in [0.15, 0.2) is 122 Å². The zero-order valence-corrected chi connectivity index (χ0v) is 47.2. The number of carbonyl (C=O) groups excluding carboxylic acids is 2. The highest BCUT2D eigenvalue weighted by Gasteiger charge is 2.26. The molecule has 0 radical (unpaired) electrons. The van der Waals surface area contributed by atoms with Crippen LogP contribution in [0.2, 0.25) is 0 Å². The first kappa shape index (κ1) is 69.4. The van der Waals surface area contributed by atoms with E-state index < -0.39 is 32.5 Å². The predicted octanol–water partition coefficient (Wildman–Crippen LogP) is 18.4. The topological polar surface area (TPSA) is 134 Å². The first-order valence-corrected chi connectivity index (χ1v) is 30.5. The average molecular weight is 1040 g/mol. The number of allylic oxidation sites excluding steroid dienone is 20. The van der Waals surface area contributed by atoms with Crippen molar-refractivity contribution in [1.82, 2.24) is 0 Å². The summed E-state index contributed by atoms with van der Waals surface area (Å²) < 4.78 is 32.9. The molecule has 0 rings (SSSR count). The van der Waals surface area contributed by atoms with Crippen LogP contribution < -0.4 is 5.73 Å². The number of hydrogen-bond donors (Lipinski definition) is 2. The maximum Gasteiger partial charge on any atom is 0.472 e. The van der Waals surface area contributed by atoms with Crippen molar-refractivity contribution in [3.63, 3.8) is 0 Å². The van der Waals surface area contributed by atoms with Gasteiger partial charge in [0.15, 0.2) is 6.10 Å². The van der Waals surface area contributed by atoms with Crippen LogP contribution >= 0.6 is 7.82 Å². The lowest BCUT2D eigenvalue weighted by molar-refractivity contribution is -0.161. The second-order valence-corrected chi connectivity index (χ2v) is 20.2. The van der Waals surface area contributed by atoms with Gasteiger partial charge >= 0.3 is 19.8 Å². The Bertz CT molecular complexity index is 1600. The van der Waals surface area contributed by atoms with E-state index in [1.54, 1.807) is 0 Å². The number of unbranched alkanes of at least 4 members (excludes halogenated alkanes) is 20. The fourth-order valence-corrected chi connectivity index (χ4v) is 8.42. The molecule has 73 heavy (non-hydrogen) atoms. The molecule has 0 heterocycles. The molecule has 0 spiro atoms. The number of phosphoric ester groups is 1. The summed E-state index contributed by atoms with van der Waals surface area (Å²) in [5, 5.41) is 0. The summed E-state index contributed by atoms with van der Waals surface area (Å²) >= 11 is 0. The van der Waals surface area contributed by atoms with Gasteiger partial charge in [-0.05, 0) is 89.9 Å². The smallest absolute Gasteiger partial charge is 0.462 e. The highest BCUT2D eigenvalue weighted by molar-refractivity contribution is 7.47. The Morgan fingerprint density at radius 3 is 1.11 bits per heavy atom. The van der Waals surface area contributed by atoms with E-state index in [1.165, 1.54) is 116 Å². The van der Waals surface area contributed by atoms with Crippen molar-refractivity contribution >= 4 is 19.8 Å². The summed E-state index contributed by atoms with van der Waals surface area (Å²) in [6, 6.07) is 0. The summed E-state index contributed by atoms with van der Waals surface area (Å²) in [4.78, 5) is 35.1. The van der Waals surface area contributed by atoms with Crippen LogP contribution in [0, 0.1) is 0 Å². The largest absolute Gasteiger partial charge is 0.472 e. The molecule has 416 valence electrons. The highest BCUT2D eigenvalue weighted by atomic mass is 31.2. The van der Waals surface area contributed by atoms with Crippen LogP contribution in [0.5, 0.6) is 0 Å². The van der Waals surface area contributed by atoms with Crippen LogP contribution in [0.3, 0.4) is 0 Å². The van der Waals surface area contributed by atoms with Crippen molar-refractivity contribution in [3.8, 4) is 0 Å². The zero-order chi connectivity index (χ0) is 53.1. The van der Waals surface area contributed by atoms with E-state index in [4.69, 9.17) is 24.3 Å². The van der Waals surface area contributed by atoms with E-state index in [2.05, 4.69) is 123 Å². The van der Waals surface area contributed by atoms with E-state index in [1.807, 2.05) is 12.2 Å². The third-order valence-corrected chi connectivity index (χ3v) is 12.8. The van der Waals surface area contributed by atoms with Crippen LogP contribution in [0.1, 0.15) is 232 Å². The molecular formula is C63H106NO8P. The number of nitrogens with two attached hydrogens (primary N) is 1. The number of esters is 2. The van der Waals surface area contributed by atoms with Gasteiger partial charge in [-0.15, -0.1) is 0 Å². The first-order chi connectivity index (χ1) is 35.8. The molecule has 2 unspecified atom stereocenters. The molecule has 0 aromatic carbocycles. The number of phosphoric acid groups is 1. The molecule has 0 amide bonds. The quantitative estimate of drug-likeness (QED) is 0.0264. The first-order valence-electron chi connectivity index (χ1n) is 29.0. The third kappa shape index (κ3) is 57.5. The molecule has 0 aromatic heterocycles. The lowest BCUT2D eigenvalue weighted by atomic mass is 10.0. The molecule has 0 saturated carbocycles. The average Bonchev–Trinajstić information content (AvgIpc) is 3.38. The van der Waals surface area contributed by atoms with Gasteiger partial charge in [-0.2, -0.15) is 0 Å². The number of carbonyl (C=O) groups is 2. The Hall–Kier alpha value is -3.59. The van der Waals surface area contributed by atoms with Crippen molar-refractivity contribution in [3.05, 3.63) is 122 Å². The Kier molecular flexibility index (Phi) is 54.8. The van der Waals surface area contributed by atoms with Crippen LogP contribution in [-0.2, 0) is 32.7 Å². The van der Waals surface area contributed by atoms with Gasteiger partial charge in [-0.1, -0.05) is 251 Å². The van der Waals surface area contributed by atoms with Crippen LogP contribution in [-0.4, -0.2) is 49.3 Å². The molecule has 10 heteroatoms. The van der Waals surface area contributed by atoms with E-state index in [0.29, 0.717) is 6.42 Å². The summed E-state index contributed by atoms with van der Waals surface area (Å²) in [5.74, 6) is -0.927. The minimum Gasteiger partial charge on any atom is -0.462 e. The molecule has 0 aliphatic carbocycles. The maximum absolute atomic E-state index is 12.6. The van der Waals surface area contributed by atoms with Gasteiger partial charge in [0.05, 0.1) is 13.2 Å². The molecule has 2 atom stereocenters. The Balaban J connectivity index is 3.97. The molecule has 0 aromatic rings. The van der Waals surface area contributed by atoms with E-state index >= 15 is 0 Å². The van der Waals surface area contributed by atoms with Crippen molar-refractivity contribution < 1.29 is 37.6 Å². The predicted molar refractivity (Wildman–Crippen MR) is 311 cm³/mol. The number of hydrogen-bond acceptors (Lipinski definition) is 8. The number of ether oxygens (including phenoxy) is 2. The molecule has 0 aliphatic heterocycles. The molecular weight excluding hydrogens is 930 g/mol. The monoisotopic (exact) mass is 1040 g/mol. The van der Waals surface area contributed by atoms with Gasteiger partial charge in [0.2, 0.25) is 0 Å². The minimum atomic E-state index is -4.41. The van der Waals surface area contributed by atoms with E-state index in [-0.39, 0.29) is 32.6 Å². The normalized spacial score (nSPS) is 14.0. The lowest BCUT2D eigenvalue weighted by Crippen LogP contribution is -2.29. The van der Waals surface area contributed by atoms with Gasteiger partial charge in [0.1, 0.15) is 6.61 Å². The summed E-state index contributed by atoms with van der Waals surface area (Å²) in [6.07, 6.45) is 80.0. The third-order valence-electron chi connectivity index (χ3n) is 11.9. The molecule has 3 N–H and O–H groups in total. The van der Waals surface area contributed by atoms with E-state index in [9.17, 15) is 19.0 Å². The SMILES string of the molecule is CC/C=C\C/C=C\C/C=C\C/C=C\C/C=C\C/C=C\CCC(=O)OC(COC(=O)CCCCCCCCCCCCCCCCCCCCCC/C=C\C/C=C\C/C=C\C/C=C\CC)COP(=O)(O)OCCN. The van der Waals surface area contributed by atoms with Gasteiger partial charge in [0, 0.05) is 19.4 Å². The summed E-state index contributed by atoms with van der Waals surface area (Å²) in [5.41, 5.74) is 5.37. The van der Waals surface area contributed by atoms with Crippen LogP contribution in [0.4, 0.5) is 0 Å². The van der Waals surface area contributed by atoms with Gasteiger partial charge in [-0.3, -0.25) is 18.6 Å². The minimum absolute atomic E-state index is 0.0371. The fraction of sp³-hybridized carbons (Fsp3) is 0.651. The van der Waals surface area contributed by atoms with Crippen molar-refractivity contribution in [1.29, 1.82) is 0 Å². The molecule has 0 saturated heterocycles. The molecule has 0 fully saturated rings. The second kappa shape index (κ2) is 57.7. The van der Waals surface area contributed by atoms with Crippen molar-refractivity contribution in [2.45, 2.75) is 238 Å². The fourth-order valence-electron chi connectivity index (χ4n) is 7.65. The maximum atomic E-state index is 12.6. The Morgan fingerprint density at radius 2 is 0.740 bits per heavy atom. The molecule has 9 nitrogen and oxygen atoms in total. The Labute approximate surface area is 447 Å². The lowest BCUT2D eigenvalue weighted by Gasteiger charge is -2.19. The van der Waals surface area contributed by atoms with Gasteiger partial charge < -0.3 is 20.1 Å². The van der Waals surface area contributed by atoms with Crippen molar-refractivity contribution in [2.24, 2.45) is 5.73 Å². The standard InChI is InChI=1S/C63H106NO8P/c1-3-5-7-9-11-13-15-17-19-21-23-24-25-26-27-28-29-30-31-32-33-34-35-36-38-39-41-43-45-47-49-51-53-55-62(65)69-59-61(60-71-73(67,68)70-58-57-64)72-63(66)56-54-52-50-48-46-44-42-40-37-22-20-18-16-14-12-10-8-6-4-2/h5-8,11-14,17-20,23-24,37,40,44,46,50,52,61H,3-4,9-10,15-16,21-22,25-36,38-39,41-43,45,47-49,51,53-60,64H2,1-2H3,(H,67,68)/b7-5-,8-6-,13-11-,14-12-,19-17-,20-18-,24-23-,40-37-,46-44-,52-50-.